The zero-order chi connectivity index (χ0) is 21.4. The Balaban J connectivity index is 1.91. The fraction of sp³-hybridized carbons (Fsp3) is 0.167. The number of aliphatic hydroxyl groups excluding tert-OH is 1. The van der Waals surface area contributed by atoms with Crippen molar-refractivity contribution in [2.75, 3.05) is 12.0 Å². The summed E-state index contributed by atoms with van der Waals surface area (Å²) in [5, 5.41) is 10.8. The summed E-state index contributed by atoms with van der Waals surface area (Å²) in [4.78, 5) is 27.8. The van der Waals surface area contributed by atoms with Crippen molar-refractivity contribution in [1.29, 1.82) is 0 Å². The standard InChI is InChI=1S/C24H21NO5/c1-14-6-4-7-18(15(14)2)25-21(16-9-11-17(29-3)12-10-16)20(23(27)24(25)28)22(26)19-8-5-13-30-19/h4-13,21,27H,1-3H3. The summed E-state index contributed by atoms with van der Waals surface area (Å²) >= 11 is 0. The van der Waals surface area contributed by atoms with Crippen LogP contribution in [0.15, 0.2) is 76.6 Å². The van der Waals surface area contributed by atoms with Crippen LogP contribution in [0, 0.1) is 13.8 Å². The number of aryl methyl sites for hydroxylation is 1. The minimum atomic E-state index is -0.804. The molecule has 1 N–H and O–H groups in total. The number of ether oxygens (including phenoxy) is 1. The normalized spacial score (nSPS) is 16.3. The number of benzene rings is 2. The number of furan rings is 1. The molecule has 0 aliphatic carbocycles. The van der Waals surface area contributed by atoms with Gasteiger partial charge in [0.15, 0.2) is 11.5 Å². The lowest BCUT2D eigenvalue weighted by molar-refractivity contribution is -0.117. The zero-order valence-electron chi connectivity index (χ0n) is 16.9. The number of hydrogen-bond acceptors (Lipinski definition) is 5. The Morgan fingerprint density at radius 2 is 1.80 bits per heavy atom. The number of Topliss-reactive ketones (excluding diaryl/α,β-unsaturated/α-hetero) is 1. The van der Waals surface area contributed by atoms with Gasteiger partial charge in [0.1, 0.15) is 5.75 Å². The second-order valence-corrected chi connectivity index (χ2v) is 7.14. The summed E-state index contributed by atoms with van der Waals surface area (Å²) in [5.41, 5.74) is 3.18. The maximum absolute atomic E-state index is 13.2. The first-order valence-electron chi connectivity index (χ1n) is 9.49. The molecular formula is C24H21NO5. The van der Waals surface area contributed by atoms with Crippen LogP contribution in [0.1, 0.15) is 33.3 Å². The average molecular weight is 403 g/mol. The summed E-state index contributed by atoms with van der Waals surface area (Å²) in [6.07, 6.45) is 1.38. The van der Waals surface area contributed by atoms with Gasteiger partial charge in [-0.2, -0.15) is 0 Å². The van der Waals surface area contributed by atoms with Crippen LogP contribution < -0.4 is 9.64 Å². The highest BCUT2D eigenvalue weighted by molar-refractivity contribution is 6.20. The Bertz CT molecular complexity index is 1140. The van der Waals surface area contributed by atoms with Crippen LogP contribution in [-0.2, 0) is 4.79 Å². The van der Waals surface area contributed by atoms with Gasteiger partial charge < -0.3 is 14.3 Å². The number of amides is 1. The number of methoxy groups -OCH3 is 1. The molecule has 3 aromatic rings. The SMILES string of the molecule is COc1ccc(C2C(C(=O)c3ccco3)=C(O)C(=O)N2c2cccc(C)c2C)cc1. The lowest BCUT2D eigenvalue weighted by Gasteiger charge is -2.28. The molecule has 152 valence electrons. The molecule has 1 amide bonds. The molecule has 1 aliphatic rings. The van der Waals surface area contributed by atoms with E-state index in [1.165, 1.54) is 17.2 Å². The maximum atomic E-state index is 13.2. The fourth-order valence-corrected chi connectivity index (χ4v) is 3.72. The van der Waals surface area contributed by atoms with E-state index < -0.39 is 23.5 Å². The van der Waals surface area contributed by atoms with E-state index in [-0.39, 0.29) is 11.3 Å². The van der Waals surface area contributed by atoms with Crippen LogP contribution in [0.4, 0.5) is 5.69 Å². The zero-order valence-corrected chi connectivity index (χ0v) is 16.9. The van der Waals surface area contributed by atoms with Gasteiger partial charge >= 0.3 is 0 Å². The van der Waals surface area contributed by atoms with Crippen LogP contribution in [0.2, 0.25) is 0 Å². The molecule has 2 heterocycles. The van der Waals surface area contributed by atoms with Gasteiger partial charge in [0.2, 0.25) is 5.78 Å². The van der Waals surface area contributed by atoms with Crippen LogP contribution in [0.25, 0.3) is 0 Å². The molecule has 1 unspecified atom stereocenters. The van der Waals surface area contributed by atoms with E-state index >= 15 is 0 Å². The van der Waals surface area contributed by atoms with Crippen LogP contribution in [0.5, 0.6) is 5.75 Å². The molecule has 0 spiro atoms. The summed E-state index contributed by atoms with van der Waals surface area (Å²) in [7, 11) is 1.56. The molecule has 6 nitrogen and oxygen atoms in total. The van der Waals surface area contributed by atoms with E-state index in [9.17, 15) is 14.7 Å². The van der Waals surface area contributed by atoms with Gasteiger partial charge in [0.25, 0.3) is 5.91 Å². The van der Waals surface area contributed by atoms with Crippen molar-refractivity contribution in [3.8, 4) is 5.75 Å². The minimum Gasteiger partial charge on any atom is -0.503 e. The van der Waals surface area contributed by atoms with E-state index in [2.05, 4.69) is 0 Å². The summed E-state index contributed by atoms with van der Waals surface area (Å²) in [6, 6.07) is 15.0. The fourth-order valence-electron chi connectivity index (χ4n) is 3.72. The molecule has 0 bridgehead atoms. The first kappa shape index (κ1) is 19.5. The smallest absolute Gasteiger partial charge is 0.294 e. The predicted molar refractivity (Wildman–Crippen MR) is 112 cm³/mol. The first-order valence-corrected chi connectivity index (χ1v) is 9.49. The highest BCUT2D eigenvalue weighted by atomic mass is 16.5. The molecule has 2 aromatic carbocycles. The number of anilines is 1. The average Bonchev–Trinajstić information content (AvgIpc) is 3.38. The summed E-state index contributed by atoms with van der Waals surface area (Å²) < 4.78 is 10.5. The van der Waals surface area contributed by atoms with Crippen LogP contribution in [-0.4, -0.2) is 23.9 Å². The monoisotopic (exact) mass is 403 g/mol. The molecule has 0 radical (unpaired) electrons. The molecular weight excluding hydrogens is 382 g/mol. The van der Waals surface area contributed by atoms with Gasteiger partial charge in [-0.25, -0.2) is 0 Å². The van der Waals surface area contributed by atoms with E-state index in [1.807, 2.05) is 32.0 Å². The largest absolute Gasteiger partial charge is 0.503 e. The van der Waals surface area contributed by atoms with Crippen molar-refractivity contribution in [2.45, 2.75) is 19.9 Å². The third kappa shape index (κ3) is 3.06. The van der Waals surface area contributed by atoms with Crippen molar-refractivity contribution in [3.05, 3.63) is 94.6 Å². The molecule has 1 aromatic heterocycles. The van der Waals surface area contributed by atoms with E-state index in [1.54, 1.807) is 37.4 Å². The third-order valence-electron chi connectivity index (χ3n) is 5.46. The molecule has 30 heavy (non-hydrogen) atoms. The summed E-state index contributed by atoms with van der Waals surface area (Å²) in [6.45, 7) is 3.86. The van der Waals surface area contributed by atoms with E-state index in [0.717, 1.165) is 11.1 Å². The Labute approximate surface area is 174 Å². The quantitative estimate of drug-likeness (QED) is 0.625. The van der Waals surface area contributed by atoms with Gasteiger partial charge in [0.05, 0.1) is 25.0 Å². The number of carbonyl (C=O) groups excluding carboxylic acids is 2. The predicted octanol–water partition coefficient (Wildman–Crippen LogP) is 4.69. The Hall–Kier alpha value is -3.80. The molecule has 0 saturated carbocycles. The highest BCUT2D eigenvalue weighted by Crippen LogP contribution is 2.43. The van der Waals surface area contributed by atoms with E-state index in [4.69, 9.17) is 9.15 Å². The van der Waals surface area contributed by atoms with Gasteiger partial charge in [-0.3, -0.25) is 14.5 Å². The van der Waals surface area contributed by atoms with Gasteiger partial charge in [0, 0.05) is 5.69 Å². The Morgan fingerprint density at radius 1 is 1.07 bits per heavy atom. The van der Waals surface area contributed by atoms with Crippen molar-refractivity contribution in [3.63, 3.8) is 0 Å². The number of nitrogens with zero attached hydrogens (tertiary/aromatic N) is 1. The highest BCUT2D eigenvalue weighted by Gasteiger charge is 2.45. The maximum Gasteiger partial charge on any atom is 0.294 e. The molecule has 0 saturated heterocycles. The Morgan fingerprint density at radius 3 is 2.43 bits per heavy atom. The summed E-state index contributed by atoms with van der Waals surface area (Å²) in [5.74, 6) is -1.02. The second-order valence-electron chi connectivity index (χ2n) is 7.14. The number of carbonyl (C=O) groups is 2. The molecule has 1 aliphatic heterocycles. The van der Waals surface area contributed by atoms with Gasteiger partial charge in [-0.05, 0) is 60.9 Å². The van der Waals surface area contributed by atoms with Crippen molar-refractivity contribution in [1.82, 2.24) is 0 Å². The minimum absolute atomic E-state index is 0.0129. The number of rotatable bonds is 5. The van der Waals surface area contributed by atoms with Crippen LogP contribution in [0.3, 0.4) is 0 Å². The topological polar surface area (TPSA) is 80.0 Å². The lowest BCUT2D eigenvalue weighted by Crippen LogP contribution is -2.31. The van der Waals surface area contributed by atoms with Crippen molar-refractivity contribution in [2.24, 2.45) is 0 Å². The first-order chi connectivity index (χ1) is 14.4. The Kier molecular flexibility index (Phi) is 4.91. The second kappa shape index (κ2) is 7.55. The molecule has 6 heteroatoms. The number of hydrogen-bond donors (Lipinski definition) is 1. The van der Waals surface area contributed by atoms with Gasteiger partial charge in [-0.1, -0.05) is 24.3 Å². The molecule has 4 rings (SSSR count). The van der Waals surface area contributed by atoms with Crippen LogP contribution >= 0.6 is 0 Å². The molecule has 0 fully saturated rings. The van der Waals surface area contributed by atoms with Gasteiger partial charge in [-0.15, -0.1) is 0 Å². The number of ketones is 1. The molecule has 1 atom stereocenters. The van der Waals surface area contributed by atoms with E-state index in [0.29, 0.717) is 17.0 Å². The lowest BCUT2D eigenvalue weighted by atomic mass is 9.94. The van der Waals surface area contributed by atoms with Crippen molar-refractivity contribution >= 4 is 17.4 Å². The number of aliphatic hydroxyl groups is 1. The third-order valence-corrected chi connectivity index (χ3v) is 5.46. The van der Waals surface area contributed by atoms with Crippen molar-refractivity contribution < 1.29 is 23.8 Å².